The normalized spacial score (nSPS) is 7.60. The van der Waals surface area contributed by atoms with E-state index in [0.29, 0.717) is 0 Å². The minimum Gasteiger partial charge on any atom is -0.192 e. The van der Waals surface area contributed by atoms with Gasteiger partial charge in [-0.3, -0.25) is 0 Å². The summed E-state index contributed by atoms with van der Waals surface area (Å²) in [6, 6.07) is 9.63. The summed E-state index contributed by atoms with van der Waals surface area (Å²) in [6.07, 6.45) is 0. The van der Waals surface area contributed by atoms with Gasteiger partial charge < -0.3 is 0 Å². The molecule has 0 aliphatic carbocycles. The highest BCUT2D eigenvalue weighted by Crippen LogP contribution is 2.03. The Bertz CT molecular complexity index is 250. The second kappa shape index (κ2) is 3.73. The zero-order valence-corrected chi connectivity index (χ0v) is 5.83. The summed E-state index contributed by atoms with van der Waals surface area (Å²) < 4.78 is 0. The Balaban J connectivity index is 0.000000810. The molecule has 0 atom stereocenters. The lowest BCUT2D eigenvalue weighted by Crippen LogP contribution is -1.77. The van der Waals surface area contributed by atoms with Crippen LogP contribution in [-0.2, 0) is 0 Å². The standard InChI is InChI=1S/C8H7N.B/c1-7-4-2-3-5-8(7)6-9;/h2-5H,1H3;. The molecule has 0 N–H and O–H groups in total. The third-order valence-electron chi connectivity index (χ3n) is 1.27. The molecule has 0 aromatic heterocycles. The van der Waals surface area contributed by atoms with Gasteiger partial charge in [-0.2, -0.15) is 5.26 Å². The lowest BCUT2D eigenvalue weighted by atomic mass is 10.1. The van der Waals surface area contributed by atoms with E-state index in [1.165, 1.54) is 0 Å². The zero-order chi connectivity index (χ0) is 6.69. The van der Waals surface area contributed by atoms with Crippen LogP contribution in [0.15, 0.2) is 24.3 Å². The zero-order valence-electron chi connectivity index (χ0n) is 5.83. The highest BCUT2D eigenvalue weighted by atomic mass is 14.2. The van der Waals surface area contributed by atoms with Crippen LogP contribution in [0.25, 0.3) is 0 Å². The van der Waals surface area contributed by atoms with Crippen LogP contribution in [0.5, 0.6) is 0 Å². The Hall–Kier alpha value is -1.23. The van der Waals surface area contributed by atoms with Gasteiger partial charge in [0.05, 0.1) is 11.6 Å². The SMILES string of the molecule is Cc1ccccc1C#N.[B]. The van der Waals surface area contributed by atoms with Gasteiger partial charge in [0, 0.05) is 8.41 Å². The topological polar surface area (TPSA) is 23.8 Å². The maximum absolute atomic E-state index is 8.47. The van der Waals surface area contributed by atoms with Crippen molar-refractivity contribution in [2.45, 2.75) is 6.92 Å². The molecule has 0 saturated carbocycles. The summed E-state index contributed by atoms with van der Waals surface area (Å²) in [6.45, 7) is 1.93. The van der Waals surface area contributed by atoms with Crippen molar-refractivity contribution in [1.29, 1.82) is 5.26 Å². The maximum Gasteiger partial charge on any atom is 0.0994 e. The van der Waals surface area contributed by atoms with Crippen LogP contribution in [-0.4, -0.2) is 8.41 Å². The Morgan fingerprint density at radius 3 is 2.30 bits per heavy atom. The van der Waals surface area contributed by atoms with E-state index in [-0.39, 0.29) is 8.41 Å². The van der Waals surface area contributed by atoms with Gasteiger partial charge in [-0.05, 0) is 18.6 Å². The molecule has 0 aliphatic rings. The molecule has 1 aromatic rings. The van der Waals surface area contributed by atoms with Crippen molar-refractivity contribution >= 4 is 8.41 Å². The highest BCUT2D eigenvalue weighted by molar-refractivity contribution is 5.75. The Labute approximate surface area is 62.9 Å². The number of hydrogen-bond donors (Lipinski definition) is 0. The minimum atomic E-state index is 0. The summed E-state index contributed by atoms with van der Waals surface area (Å²) in [5, 5.41) is 8.47. The summed E-state index contributed by atoms with van der Waals surface area (Å²) in [5.41, 5.74) is 1.80. The average Bonchev–Trinajstić information content (AvgIpc) is 1.89. The number of nitrogens with zero attached hydrogens (tertiary/aromatic N) is 1. The molecule has 0 fully saturated rings. The van der Waals surface area contributed by atoms with E-state index in [1.54, 1.807) is 0 Å². The second-order valence-electron chi connectivity index (χ2n) is 1.93. The van der Waals surface area contributed by atoms with Gasteiger partial charge in [0.15, 0.2) is 0 Å². The molecule has 0 saturated heterocycles. The summed E-state index contributed by atoms with van der Waals surface area (Å²) in [7, 11) is 0. The quantitative estimate of drug-likeness (QED) is 0.485. The Kier molecular flexibility index (Phi) is 3.28. The lowest BCUT2D eigenvalue weighted by Gasteiger charge is -1.90. The van der Waals surface area contributed by atoms with Crippen LogP contribution >= 0.6 is 0 Å². The maximum atomic E-state index is 8.47. The highest BCUT2D eigenvalue weighted by Gasteiger charge is 1.89. The molecule has 10 heavy (non-hydrogen) atoms. The van der Waals surface area contributed by atoms with Crippen molar-refractivity contribution in [3.63, 3.8) is 0 Å². The first-order valence-corrected chi connectivity index (χ1v) is 2.80. The smallest absolute Gasteiger partial charge is 0.0994 e. The summed E-state index contributed by atoms with van der Waals surface area (Å²) >= 11 is 0. The van der Waals surface area contributed by atoms with Crippen molar-refractivity contribution in [1.82, 2.24) is 0 Å². The fourth-order valence-corrected chi connectivity index (χ4v) is 0.698. The first-order chi connectivity index (χ1) is 4.34. The molecular weight excluding hydrogens is 121 g/mol. The van der Waals surface area contributed by atoms with E-state index in [0.717, 1.165) is 11.1 Å². The van der Waals surface area contributed by atoms with E-state index in [9.17, 15) is 0 Å². The van der Waals surface area contributed by atoms with Gasteiger partial charge in [-0.15, -0.1) is 0 Å². The van der Waals surface area contributed by atoms with Gasteiger partial charge in [0.2, 0.25) is 0 Å². The largest absolute Gasteiger partial charge is 0.192 e. The molecule has 0 spiro atoms. The van der Waals surface area contributed by atoms with Crippen LogP contribution < -0.4 is 0 Å². The number of hydrogen-bond acceptors (Lipinski definition) is 1. The predicted molar refractivity (Wildman–Crippen MR) is 41.6 cm³/mol. The number of nitriles is 1. The third-order valence-corrected chi connectivity index (χ3v) is 1.27. The molecule has 47 valence electrons. The first-order valence-electron chi connectivity index (χ1n) is 2.80. The van der Waals surface area contributed by atoms with Crippen LogP contribution in [0.2, 0.25) is 0 Å². The van der Waals surface area contributed by atoms with Crippen LogP contribution in [0.3, 0.4) is 0 Å². The Morgan fingerprint density at radius 2 is 1.90 bits per heavy atom. The van der Waals surface area contributed by atoms with Gasteiger partial charge in [0.1, 0.15) is 0 Å². The monoisotopic (exact) mass is 128 g/mol. The minimum absolute atomic E-state index is 0. The van der Waals surface area contributed by atoms with Crippen LogP contribution in [0.4, 0.5) is 0 Å². The van der Waals surface area contributed by atoms with Crippen molar-refractivity contribution in [3.8, 4) is 6.07 Å². The Morgan fingerprint density at radius 1 is 1.30 bits per heavy atom. The molecule has 0 aliphatic heterocycles. The molecule has 0 bridgehead atoms. The van der Waals surface area contributed by atoms with E-state index in [2.05, 4.69) is 6.07 Å². The number of aryl methyl sites for hydroxylation is 1. The molecule has 1 aromatic carbocycles. The van der Waals surface area contributed by atoms with Crippen LogP contribution in [0, 0.1) is 18.3 Å². The van der Waals surface area contributed by atoms with Crippen LogP contribution in [0.1, 0.15) is 11.1 Å². The van der Waals surface area contributed by atoms with Crippen molar-refractivity contribution in [2.24, 2.45) is 0 Å². The number of rotatable bonds is 0. The second-order valence-corrected chi connectivity index (χ2v) is 1.93. The van der Waals surface area contributed by atoms with Gasteiger partial charge >= 0.3 is 0 Å². The van der Waals surface area contributed by atoms with Gasteiger partial charge in [0.25, 0.3) is 0 Å². The average molecular weight is 128 g/mol. The van der Waals surface area contributed by atoms with Crippen molar-refractivity contribution < 1.29 is 0 Å². The molecule has 1 nitrogen and oxygen atoms in total. The fourth-order valence-electron chi connectivity index (χ4n) is 0.698. The number of benzene rings is 1. The van der Waals surface area contributed by atoms with Crippen molar-refractivity contribution in [3.05, 3.63) is 35.4 Å². The van der Waals surface area contributed by atoms with Gasteiger partial charge in [-0.1, -0.05) is 18.2 Å². The fraction of sp³-hybridized carbons (Fsp3) is 0.125. The first kappa shape index (κ1) is 8.77. The predicted octanol–water partition coefficient (Wildman–Crippen LogP) is 1.49. The van der Waals surface area contributed by atoms with E-state index in [1.807, 2.05) is 31.2 Å². The summed E-state index contributed by atoms with van der Waals surface area (Å²) in [5.74, 6) is 0. The molecule has 2 heteroatoms. The van der Waals surface area contributed by atoms with E-state index < -0.39 is 0 Å². The molecule has 3 radical (unpaired) electrons. The molecule has 0 heterocycles. The summed E-state index contributed by atoms with van der Waals surface area (Å²) in [4.78, 5) is 0. The van der Waals surface area contributed by atoms with E-state index in [4.69, 9.17) is 5.26 Å². The van der Waals surface area contributed by atoms with Gasteiger partial charge in [-0.25, -0.2) is 0 Å². The molecular formula is C8H7BN. The molecule has 1 rings (SSSR count). The molecule has 0 amide bonds. The third kappa shape index (κ3) is 1.63. The van der Waals surface area contributed by atoms with E-state index >= 15 is 0 Å². The van der Waals surface area contributed by atoms with Crippen molar-refractivity contribution in [2.75, 3.05) is 0 Å². The molecule has 0 unspecified atom stereocenters. The lowest BCUT2D eigenvalue weighted by molar-refractivity contribution is 1.39.